The van der Waals surface area contributed by atoms with E-state index >= 15 is 0 Å². The van der Waals surface area contributed by atoms with Crippen molar-refractivity contribution < 1.29 is 14.7 Å². The fourth-order valence-corrected chi connectivity index (χ4v) is 2.31. The summed E-state index contributed by atoms with van der Waals surface area (Å²) in [5, 5.41) is 16.0. The van der Waals surface area contributed by atoms with Gasteiger partial charge in [0.05, 0.1) is 17.6 Å². The number of nitrogens with zero attached hydrogens (tertiary/aromatic N) is 1. The Hall–Kier alpha value is -2.41. The van der Waals surface area contributed by atoms with Crippen molar-refractivity contribution in [3.8, 4) is 0 Å². The molecule has 110 valence electrons. The van der Waals surface area contributed by atoms with Crippen molar-refractivity contribution in [1.29, 1.82) is 0 Å². The SMILES string of the molecule is O=C(O)Cc1ccc(NC(=O)NCCc2cscn2)cc1. The Morgan fingerprint density at radius 2 is 2.00 bits per heavy atom. The van der Waals surface area contributed by atoms with Gasteiger partial charge in [-0.25, -0.2) is 9.78 Å². The Morgan fingerprint density at radius 3 is 2.62 bits per heavy atom. The van der Waals surface area contributed by atoms with E-state index in [2.05, 4.69) is 15.6 Å². The first-order chi connectivity index (χ1) is 10.1. The lowest BCUT2D eigenvalue weighted by molar-refractivity contribution is -0.136. The minimum Gasteiger partial charge on any atom is -0.481 e. The van der Waals surface area contributed by atoms with Crippen molar-refractivity contribution in [2.45, 2.75) is 12.8 Å². The first kappa shape index (κ1) is 15.0. The number of amides is 2. The number of rotatable bonds is 6. The summed E-state index contributed by atoms with van der Waals surface area (Å²) in [4.78, 5) is 26.4. The number of aromatic nitrogens is 1. The van der Waals surface area contributed by atoms with E-state index in [9.17, 15) is 9.59 Å². The molecule has 2 amide bonds. The van der Waals surface area contributed by atoms with E-state index in [1.165, 1.54) is 11.3 Å². The van der Waals surface area contributed by atoms with E-state index in [4.69, 9.17) is 5.11 Å². The van der Waals surface area contributed by atoms with Crippen molar-refractivity contribution in [3.05, 3.63) is 46.4 Å². The van der Waals surface area contributed by atoms with Crippen LogP contribution in [0.15, 0.2) is 35.2 Å². The van der Waals surface area contributed by atoms with Gasteiger partial charge in [-0.05, 0) is 17.7 Å². The molecule has 0 radical (unpaired) electrons. The number of nitrogens with one attached hydrogen (secondary N) is 2. The molecule has 0 unspecified atom stereocenters. The van der Waals surface area contributed by atoms with E-state index in [1.807, 2.05) is 5.38 Å². The first-order valence-corrected chi connectivity index (χ1v) is 7.30. The summed E-state index contributed by atoms with van der Waals surface area (Å²) in [7, 11) is 0. The lowest BCUT2D eigenvalue weighted by Crippen LogP contribution is -2.30. The third-order valence-electron chi connectivity index (χ3n) is 2.72. The molecule has 1 aromatic heterocycles. The molecule has 0 aliphatic rings. The summed E-state index contributed by atoms with van der Waals surface area (Å²) in [6, 6.07) is 6.42. The second kappa shape index (κ2) is 7.39. The zero-order valence-corrected chi connectivity index (χ0v) is 12.0. The van der Waals surface area contributed by atoms with Crippen LogP contribution in [0.1, 0.15) is 11.3 Å². The quantitative estimate of drug-likeness (QED) is 0.762. The molecule has 6 nitrogen and oxygen atoms in total. The number of carbonyl (C=O) groups excluding carboxylic acids is 1. The molecular formula is C14H15N3O3S. The Labute approximate surface area is 125 Å². The Morgan fingerprint density at radius 1 is 1.24 bits per heavy atom. The largest absolute Gasteiger partial charge is 0.481 e. The number of carboxylic acids is 1. The number of carboxylic acid groups (broad SMARTS) is 1. The zero-order chi connectivity index (χ0) is 15.1. The third-order valence-corrected chi connectivity index (χ3v) is 3.35. The lowest BCUT2D eigenvalue weighted by Gasteiger charge is -2.07. The van der Waals surface area contributed by atoms with Gasteiger partial charge in [0.25, 0.3) is 0 Å². The maximum Gasteiger partial charge on any atom is 0.319 e. The maximum atomic E-state index is 11.7. The minimum absolute atomic E-state index is 0.0277. The van der Waals surface area contributed by atoms with Crippen LogP contribution in [-0.4, -0.2) is 28.6 Å². The zero-order valence-electron chi connectivity index (χ0n) is 11.2. The molecule has 0 spiro atoms. The molecule has 21 heavy (non-hydrogen) atoms. The summed E-state index contributed by atoms with van der Waals surface area (Å²) in [6.07, 6.45) is 0.661. The number of thiazole rings is 1. The number of hydrogen-bond donors (Lipinski definition) is 3. The fraction of sp³-hybridized carbons (Fsp3) is 0.214. The summed E-state index contributed by atoms with van der Waals surface area (Å²) >= 11 is 1.53. The molecule has 0 fully saturated rings. The Kier molecular flexibility index (Phi) is 5.28. The normalized spacial score (nSPS) is 10.1. The van der Waals surface area contributed by atoms with Crippen molar-refractivity contribution in [2.75, 3.05) is 11.9 Å². The number of hydrogen-bond acceptors (Lipinski definition) is 4. The smallest absolute Gasteiger partial charge is 0.319 e. The summed E-state index contributed by atoms with van der Waals surface area (Å²) < 4.78 is 0. The van der Waals surface area contributed by atoms with Crippen LogP contribution < -0.4 is 10.6 Å². The number of urea groups is 1. The Bertz CT molecular complexity index is 596. The summed E-state index contributed by atoms with van der Waals surface area (Å²) in [5.74, 6) is -0.879. The average molecular weight is 305 g/mol. The molecule has 0 bridgehead atoms. The van der Waals surface area contributed by atoms with Crippen LogP contribution in [0.25, 0.3) is 0 Å². The number of anilines is 1. The molecule has 0 aliphatic carbocycles. The van der Waals surface area contributed by atoms with Gasteiger partial charge < -0.3 is 15.7 Å². The van der Waals surface area contributed by atoms with Crippen LogP contribution in [0.5, 0.6) is 0 Å². The van der Waals surface area contributed by atoms with Crippen LogP contribution in [-0.2, 0) is 17.6 Å². The fourth-order valence-electron chi connectivity index (χ4n) is 1.72. The monoisotopic (exact) mass is 305 g/mol. The number of aliphatic carboxylic acids is 1. The third kappa shape index (κ3) is 5.23. The van der Waals surface area contributed by atoms with Gasteiger partial charge >= 0.3 is 12.0 Å². The molecular weight excluding hydrogens is 290 g/mol. The summed E-state index contributed by atoms with van der Waals surface area (Å²) in [5.41, 5.74) is 4.03. The van der Waals surface area contributed by atoms with Crippen molar-refractivity contribution in [2.24, 2.45) is 0 Å². The first-order valence-electron chi connectivity index (χ1n) is 6.36. The van der Waals surface area contributed by atoms with Gasteiger partial charge in [0.1, 0.15) is 0 Å². The second-order valence-corrected chi connectivity index (χ2v) is 5.10. The van der Waals surface area contributed by atoms with Gasteiger partial charge in [-0.1, -0.05) is 12.1 Å². The van der Waals surface area contributed by atoms with Crippen molar-refractivity contribution in [3.63, 3.8) is 0 Å². The van der Waals surface area contributed by atoms with Crippen LogP contribution in [0.4, 0.5) is 10.5 Å². The van der Waals surface area contributed by atoms with E-state index in [-0.39, 0.29) is 12.5 Å². The van der Waals surface area contributed by atoms with E-state index in [0.29, 0.717) is 24.2 Å². The summed E-state index contributed by atoms with van der Waals surface area (Å²) in [6.45, 7) is 0.507. The highest BCUT2D eigenvalue weighted by Gasteiger charge is 2.03. The molecule has 2 aromatic rings. The Balaban J connectivity index is 1.75. The van der Waals surface area contributed by atoms with E-state index < -0.39 is 5.97 Å². The minimum atomic E-state index is -0.879. The molecule has 1 aromatic carbocycles. The van der Waals surface area contributed by atoms with Gasteiger partial charge in [-0.2, -0.15) is 0 Å². The van der Waals surface area contributed by atoms with Crippen LogP contribution in [0.2, 0.25) is 0 Å². The molecule has 3 N–H and O–H groups in total. The van der Waals surface area contributed by atoms with E-state index in [0.717, 1.165) is 5.69 Å². The number of carbonyl (C=O) groups is 2. The molecule has 0 saturated heterocycles. The van der Waals surface area contributed by atoms with Crippen molar-refractivity contribution in [1.82, 2.24) is 10.3 Å². The van der Waals surface area contributed by atoms with Gasteiger partial charge in [-0.3, -0.25) is 4.79 Å². The second-order valence-electron chi connectivity index (χ2n) is 4.38. The predicted molar refractivity (Wildman–Crippen MR) is 80.6 cm³/mol. The van der Waals surface area contributed by atoms with Crippen LogP contribution >= 0.6 is 11.3 Å². The molecule has 0 saturated carbocycles. The standard InChI is InChI=1S/C14H15N3O3S/c18-13(19)7-10-1-3-11(4-2-10)17-14(20)15-6-5-12-8-21-9-16-12/h1-4,8-9H,5-7H2,(H,18,19)(H2,15,17,20). The predicted octanol–water partition coefficient (Wildman–Crippen LogP) is 2.13. The molecule has 0 atom stereocenters. The highest BCUT2D eigenvalue weighted by molar-refractivity contribution is 7.07. The van der Waals surface area contributed by atoms with Gasteiger partial charge in [-0.15, -0.1) is 11.3 Å². The maximum absolute atomic E-state index is 11.7. The molecule has 2 rings (SSSR count). The van der Waals surface area contributed by atoms with Gasteiger partial charge in [0.15, 0.2) is 0 Å². The number of benzene rings is 1. The highest BCUT2D eigenvalue weighted by Crippen LogP contribution is 2.10. The van der Waals surface area contributed by atoms with Gasteiger partial charge in [0.2, 0.25) is 0 Å². The lowest BCUT2D eigenvalue weighted by atomic mass is 10.1. The molecule has 7 heteroatoms. The van der Waals surface area contributed by atoms with Crippen LogP contribution in [0, 0.1) is 0 Å². The van der Waals surface area contributed by atoms with Gasteiger partial charge in [0, 0.05) is 24.0 Å². The van der Waals surface area contributed by atoms with E-state index in [1.54, 1.807) is 29.8 Å². The highest BCUT2D eigenvalue weighted by atomic mass is 32.1. The van der Waals surface area contributed by atoms with Crippen molar-refractivity contribution >= 4 is 29.0 Å². The van der Waals surface area contributed by atoms with Crippen LogP contribution in [0.3, 0.4) is 0 Å². The average Bonchev–Trinajstić information content (AvgIpc) is 2.93. The topological polar surface area (TPSA) is 91.3 Å². The molecule has 1 heterocycles. The molecule has 0 aliphatic heterocycles.